The molecule has 3 atom stereocenters. The first kappa shape index (κ1) is 28.8. The molecule has 1 amide bonds. The molecule has 0 aromatic heterocycles. The number of nitrogens with two attached hydrogens (primary N) is 2. The Kier molecular flexibility index (Phi) is 10.5. The van der Waals surface area contributed by atoms with Crippen molar-refractivity contribution in [3.63, 3.8) is 0 Å². The van der Waals surface area contributed by atoms with Crippen LogP contribution in [0.5, 0.6) is 0 Å². The van der Waals surface area contributed by atoms with Gasteiger partial charge in [0.05, 0.1) is 0 Å². The molecule has 2 bridgehead atoms. The molecule has 0 radical (unpaired) electrons. The van der Waals surface area contributed by atoms with Crippen LogP contribution in [-0.2, 0) is 10.2 Å². The van der Waals surface area contributed by atoms with Crippen molar-refractivity contribution >= 4 is 18.2 Å². The number of carbonyl (C=O) groups excluding carboxylic acids is 1. The molecule has 0 heterocycles. The molecule has 3 fully saturated rings. The van der Waals surface area contributed by atoms with Crippen LogP contribution in [0.15, 0.2) is 65.6 Å². The van der Waals surface area contributed by atoms with Gasteiger partial charge in [-0.3, -0.25) is 4.79 Å². The maximum atomic E-state index is 8.58. The van der Waals surface area contributed by atoms with Gasteiger partial charge in [-0.25, -0.2) is 0 Å². The van der Waals surface area contributed by atoms with Crippen molar-refractivity contribution in [2.24, 2.45) is 28.2 Å². The lowest BCUT2D eigenvalue weighted by atomic mass is 9.48. The van der Waals surface area contributed by atoms with Gasteiger partial charge in [-0.05, 0) is 84.8 Å². The van der Waals surface area contributed by atoms with E-state index in [9.17, 15) is 0 Å². The van der Waals surface area contributed by atoms with Crippen LogP contribution in [0.3, 0.4) is 0 Å². The van der Waals surface area contributed by atoms with E-state index in [0.29, 0.717) is 22.3 Å². The molecule has 0 aliphatic heterocycles. The van der Waals surface area contributed by atoms with E-state index >= 15 is 0 Å². The molecule has 2 aromatic carbocycles. The fourth-order valence-corrected chi connectivity index (χ4v) is 8.55. The van der Waals surface area contributed by atoms with E-state index in [1.165, 1.54) is 74.9 Å². The summed E-state index contributed by atoms with van der Waals surface area (Å²) in [6, 6.07) is 22.9. The van der Waals surface area contributed by atoms with Crippen LogP contribution in [-0.4, -0.2) is 18.2 Å². The highest BCUT2D eigenvalue weighted by atomic mass is 32.2. The lowest BCUT2D eigenvalue weighted by molar-refractivity contribution is -0.106. The van der Waals surface area contributed by atoms with E-state index in [2.05, 4.69) is 98.9 Å². The number of carbonyl (C=O) groups is 1. The number of hydrogen-bond acceptors (Lipinski definition) is 3. The maximum Gasteiger partial charge on any atom is 0.204 e. The molecule has 3 unspecified atom stereocenters. The smallest absolute Gasteiger partial charge is 0.204 e. The Bertz CT molecular complexity index is 912. The van der Waals surface area contributed by atoms with Crippen LogP contribution in [0, 0.1) is 16.7 Å². The standard InChI is InChI=1S/C25H32S.C6H13N.CH3NO/c1-23(2)14-20-15-24(3,19-26-22-12-8-5-9-13-22)18-25(16-20,17-23)21-10-6-4-7-11-21;7-6-4-2-1-3-5-6;2-1-3/h4-13,20H,14-19H2,1-3H3;6H,1-5,7H2;1H,(H2,2,3). The van der Waals surface area contributed by atoms with Gasteiger partial charge in [-0.2, -0.15) is 0 Å². The third kappa shape index (κ3) is 8.38. The van der Waals surface area contributed by atoms with E-state index in [-0.39, 0.29) is 6.41 Å². The topological polar surface area (TPSA) is 69.1 Å². The zero-order valence-electron chi connectivity index (χ0n) is 22.8. The molecule has 5 rings (SSSR count). The Balaban J connectivity index is 0.000000304. The van der Waals surface area contributed by atoms with Crippen molar-refractivity contribution in [1.29, 1.82) is 0 Å². The SMILES string of the molecule is CC1(C)CC2CC(C)(CSc3ccccc3)CC(c3ccccc3)(C2)C1.NC1CCCCC1.NC=O. The molecule has 36 heavy (non-hydrogen) atoms. The van der Waals surface area contributed by atoms with E-state index in [1.54, 1.807) is 5.56 Å². The molecule has 3 nitrogen and oxygen atoms in total. The van der Waals surface area contributed by atoms with Crippen LogP contribution in [0.25, 0.3) is 0 Å². The first-order valence-corrected chi connectivity index (χ1v) is 14.8. The van der Waals surface area contributed by atoms with Crippen LogP contribution in [0.1, 0.15) is 90.5 Å². The number of primary amides is 1. The quantitative estimate of drug-likeness (QED) is 0.328. The average Bonchev–Trinajstić information content (AvgIpc) is 2.84. The average molecular weight is 509 g/mol. The summed E-state index contributed by atoms with van der Waals surface area (Å²) in [6.07, 6.45) is 13.8. The Morgan fingerprint density at radius 3 is 2.00 bits per heavy atom. The van der Waals surface area contributed by atoms with E-state index in [0.717, 1.165) is 5.92 Å². The Labute approximate surface area is 224 Å². The molecule has 0 spiro atoms. The molecule has 4 N–H and O–H groups in total. The van der Waals surface area contributed by atoms with Gasteiger partial charge >= 0.3 is 0 Å². The lowest BCUT2D eigenvalue weighted by Gasteiger charge is -2.57. The molecule has 3 saturated carbocycles. The predicted molar refractivity (Wildman–Crippen MR) is 155 cm³/mol. The highest BCUT2D eigenvalue weighted by Crippen LogP contribution is 2.61. The molecule has 4 heteroatoms. The zero-order valence-corrected chi connectivity index (χ0v) is 23.6. The van der Waals surface area contributed by atoms with Crippen molar-refractivity contribution in [1.82, 2.24) is 0 Å². The summed E-state index contributed by atoms with van der Waals surface area (Å²) in [7, 11) is 0. The van der Waals surface area contributed by atoms with Crippen molar-refractivity contribution in [2.75, 3.05) is 5.75 Å². The van der Waals surface area contributed by atoms with Gasteiger partial charge in [0, 0.05) is 16.7 Å². The van der Waals surface area contributed by atoms with Gasteiger partial charge in [0.2, 0.25) is 6.41 Å². The predicted octanol–water partition coefficient (Wildman–Crippen LogP) is 7.72. The first-order valence-electron chi connectivity index (χ1n) is 13.8. The molecule has 198 valence electrons. The number of benzene rings is 2. The largest absolute Gasteiger partial charge is 0.372 e. The van der Waals surface area contributed by atoms with Crippen LogP contribution in [0.2, 0.25) is 0 Å². The summed E-state index contributed by atoms with van der Waals surface area (Å²) in [4.78, 5) is 10.00. The zero-order chi connectivity index (χ0) is 26.1. The van der Waals surface area contributed by atoms with Crippen LogP contribution < -0.4 is 11.5 Å². The van der Waals surface area contributed by atoms with E-state index in [1.807, 2.05) is 0 Å². The second-order valence-electron chi connectivity index (χ2n) is 12.6. The number of fused-ring (bicyclic) bond motifs is 2. The summed E-state index contributed by atoms with van der Waals surface area (Å²) in [5, 5.41) is 0. The fraction of sp³-hybridized carbons (Fsp3) is 0.594. The van der Waals surface area contributed by atoms with Crippen molar-refractivity contribution in [2.45, 2.75) is 101 Å². The number of hydrogen-bond donors (Lipinski definition) is 2. The molecule has 3 aliphatic rings. The second kappa shape index (κ2) is 13.1. The van der Waals surface area contributed by atoms with Gasteiger partial charge in [0.25, 0.3) is 0 Å². The minimum atomic E-state index is 0.250. The minimum Gasteiger partial charge on any atom is -0.372 e. The fourth-order valence-electron chi connectivity index (χ4n) is 7.46. The summed E-state index contributed by atoms with van der Waals surface area (Å²) in [5.74, 6) is 2.11. The van der Waals surface area contributed by atoms with Crippen molar-refractivity contribution < 1.29 is 4.79 Å². The third-order valence-corrected chi connectivity index (χ3v) is 9.70. The van der Waals surface area contributed by atoms with Crippen molar-refractivity contribution in [3.8, 4) is 0 Å². The first-order chi connectivity index (χ1) is 17.2. The number of rotatable bonds is 4. The van der Waals surface area contributed by atoms with Gasteiger partial charge in [0.15, 0.2) is 0 Å². The number of thioether (sulfide) groups is 1. The Morgan fingerprint density at radius 1 is 0.861 bits per heavy atom. The molecular weight excluding hydrogens is 460 g/mol. The van der Waals surface area contributed by atoms with E-state index < -0.39 is 0 Å². The molecular formula is C32H48N2OS. The number of amides is 1. The third-order valence-electron chi connectivity index (χ3n) is 8.25. The second-order valence-corrected chi connectivity index (χ2v) is 13.6. The molecule has 2 aromatic rings. The Morgan fingerprint density at radius 2 is 1.44 bits per heavy atom. The van der Waals surface area contributed by atoms with E-state index in [4.69, 9.17) is 10.5 Å². The lowest BCUT2D eigenvalue weighted by Crippen LogP contribution is -2.50. The van der Waals surface area contributed by atoms with Crippen molar-refractivity contribution in [3.05, 3.63) is 66.2 Å². The summed E-state index contributed by atoms with van der Waals surface area (Å²) in [6.45, 7) is 7.56. The monoisotopic (exact) mass is 508 g/mol. The molecule has 3 aliphatic carbocycles. The van der Waals surface area contributed by atoms with Gasteiger partial charge in [-0.1, -0.05) is 88.6 Å². The summed E-state index contributed by atoms with van der Waals surface area (Å²) < 4.78 is 0. The minimum absolute atomic E-state index is 0.250. The van der Waals surface area contributed by atoms with Gasteiger partial charge in [-0.15, -0.1) is 11.8 Å². The highest BCUT2D eigenvalue weighted by Gasteiger charge is 2.52. The summed E-state index contributed by atoms with van der Waals surface area (Å²) >= 11 is 2.06. The van der Waals surface area contributed by atoms with Gasteiger partial charge < -0.3 is 11.5 Å². The summed E-state index contributed by atoms with van der Waals surface area (Å²) in [5.41, 5.74) is 12.7. The molecule has 0 saturated heterocycles. The Hall–Kier alpha value is -1.78. The van der Waals surface area contributed by atoms with Crippen LogP contribution >= 0.6 is 11.8 Å². The normalized spacial score (nSPS) is 29.1. The highest BCUT2D eigenvalue weighted by molar-refractivity contribution is 7.99. The van der Waals surface area contributed by atoms with Crippen LogP contribution in [0.4, 0.5) is 0 Å². The van der Waals surface area contributed by atoms with Gasteiger partial charge in [0.1, 0.15) is 0 Å². The maximum absolute atomic E-state index is 8.58.